The molecule has 8 nitrogen and oxygen atoms in total. The van der Waals surface area contributed by atoms with E-state index in [1.54, 1.807) is 18.3 Å². The van der Waals surface area contributed by atoms with Gasteiger partial charge in [-0.1, -0.05) is 24.3 Å². The number of hydrogen-bond donors (Lipinski definition) is 1. The van der Waals surface area contributed by atoms with Crippen LogP contribution in [0.1, 0.15) is 13.3 Å². The molecule has 1 aromatic rings. The summed E-state index contributed by atoms with van der Waals surface area (Å²) in [6, 6.07) is 4.99. The Morgan fingerprint density at radius 1 is 1.34 bits per heavy atom. The fraction of sp³-hybridized carbons (Fsp3) is 0.435. The van der Waals surface area contributed by atoms with Crippen LogP contribution >= 0.6 is 11.6 Å². The highest BCUT2D eigenvalue weighted by molar-refractivity contribution is 6.23. The fourth-order valence-corrected chi connectivity index (χ4v) is 3.94. The van der Waals surface area contributed by atoms with Crippen LogP contribution in [0.15, 0.2) is 65.6 Å². The zero-order valence-electron chi connectivity index (χ0n) is 18.3. The van der Waals surface area contributed by atoms with Crippen molar-refractivity contribution in [2.45, 2.75) is 24.8 Å². The van der Waals surface area contributed by atoms with Crippen LogP contribution in [-0.4, -0.2) is 77.5 Å². The molecular weight excluding hydrogens is 430 g/mol. The van der Waals surface area contributed by atoms with Crippen LogP contribution in [0.4, 0.5) is 0 Å². The number of nitrogens with zero attached hydrogens (tertiary/aromatic N) is 4. The summed E-state index contributed by atoms with van der Waals surface area (Å²) in [4.78, 5) is 28.1. The minimum atomic E-state index is -0.380. The van der Waals surface area contributed by atoms with Gasteiger partial charge in [-0.05, 0) is 37.6 Å². The second-order valence-electron chi connectivity index (χ2n) is 7.49. The largest absolute Gasteiger partial charge is 0.464 e. The maximum absolute atomic E-state index is 12.7. The lowest BCUT2D eigenvalue weighted by Gasteiger charge is -2.42. The maximum Gasteiger partial charge on any atom is 0.330 e. The maximum atomic E-state index is 12.7. The van der Waals surface area contributed by atoms with Crippen molar-refractivity contribution >= 4 is 24.0 Å². The molecule has 0 amide bonds. The lowest BCUT2D eigenvalue weighted by Crippen LogP contribution is -2.56. The molecule has 1 aliphatic carbocycles. The van der Waals surface area contributed by atoms with E-state index in [0.717, 1.165) is 31.6 Å². The van der Waals surface area contributed by atoms with Crippen molar-refractivity contribution in [3.63, 3.8) is 0 Å². The smallest absolute Gasteiger partial charge is 0.330 e. The average Bonchev–Trinajstić information content (AvgIpc) is 3.03. The molecule has 3 rings (SSSR count). The Morgan fingerprint density at radius 2 is 2.22 bits per heavy atom. The molecule has 0 spiro atoms. The Kier molecular flexibility index (Phi) is 9.13. The van der Waals surface area contributed by atoms with E-state index in [1.807, 2.05) is 43.4 Å². The molecule has 32 heavy (non-hydrogen) atoms. The van der Waals surface area contributed by atoms with E-state index in [1.165, 1.54) is 4.57 Å². The predicted molar refractivity (Wildman–Crippen MR) is 124 cm³/mol. The second-order valence-corrected chi connectivity index (χ2v) is 7.99. The highest BCUT2D eigenvalue weighted by Gasteiger charge is 2.34. The molecule has 1 aliphatic heterocycles. The quantitative estimate of drug-likeness (QED) is 0.198. The summed E-state index contributed by atoms with van der Waals surface area (Å²) in [7, 11) is 0. The van der Waals surface area contributed by atoms with Crippen molar-refractivity contribution in [1.82, 2.24) is 19.8 Å². The standard InChI is InChI=1S/C23H30ClN5O3/c1-2-32-23(31)21-17-27(14-15-29(21)20-9-4-3-8-19(24)16-20)12-7-11-25-26-22-10-5-6-13-28(22)18-30/h3-6,8-10,13,16,18-19,21,25H,2,7,11-12,14-15,17H2,1H3/b26-22-. The molecule has 1 aromatic heterocycles. The number of carbonyl (C=O) groups is 2. The monoisotopic (exact) mass is 459 g/mol. The van der Waals surface area contributed by atoms with E-state index in [2.05, 4.69) is 20.3 Å². The van der Waals surface area contributed by atoms with Gasteiger partial charge < -0.3 is 15.1 Å². The van der Waals surface area contributed by atoms with Crippen LogP contribution in [0.2, 0.25) is 0 Å². The molecule has 2 heterocycles. The lowest BCUT2D eigenvalue weighted by molar-refractivity contribution is -0.151. The second kappa shape index (κ2) is 12.3. The van der Waals surface area contributed by atoms with Crippen LogP contribution in [0.5, 0.6) is 0 Å². The Morgan fingerprint density at radius 3 is 3.03 bits per heavy atom. The first kappa shape index (κ1) is 23.8. The van der Waals surface area contributed by atoms with Gasteiger partial charge in [0.05, 0.1) is 12.0 Å². The fourth-order valence-electron chi connectivity index (χ4n) is 3.73. The van der Waals surface area contributed by atoms with Crippen molar-refractivity contribution in [2.75, 3.05) is 39.3 Å². The van der Waals surface area contributed by atoms with Gasteiger partial charge in [-0.2, -0.15) is 5.10 Å². The SMILES string of the molecule is CCOC(=O)C1CN(CCCN/N=c2/ccccn2C=O)CCN1C1=CC(Cl)C=CC=C1. The van der Waals surface area contributed by atoms with Gasteiger partial charge >= 0.3 is 5.97 Å². The van der Waals surface area contributed by atoms with E-state index >= 15 is 0 Å². The van der Waals surface area contributed by atoms with Gasteiger partial charge in [0.1, 0.15) is 6.04 Å². The van der Waals surface area contributed by atoms with Gasteiger partial charge in [0.2, 0.25) is 6.41 Å². The lowest BCUT2D eigenvalue weighted by atomic mass is 10.1. The number of esters is 1. The minimum Gasteiger partial charge on any atom is -0.464 e. The number of carbonyl (C=O) groups excluding carboxylic acids is 2. The first-order chi connectivity index (χ1) is 15.6. The van der Waals surface area contributed by atoms with Gasteiger partial charge in [-0.15, -0.1) is 11.6 Å². The molecule has 172 valence electrons. The molecule has 1 saturated heterocycles. The number of aromatic nitrogens is 1. The highest BCUT2D eigenvalue weighted by Crippen LogP contribution is 2.22. The summed E-state index contributed by atoms with van der Waals surface area (Å²) in [5, 5.41) is 4.05. The Labute approximate surface area is 193 Å². The zero-order chi connectivity index (χ0) is 22.8. The topological polar surface area (TPSA) is 79.2 Å². The minimum absolute atomic E-state index is 0.210. The molecule has 1 fully saturated rings. The van der Waals surface area contributed by atoms with Crippen LogP contribution in [0, 0.1) is 0 Å². The number of pyridine rings is 1. The van der Waals surface area contributed by atoms with Gasteiger partial charge in [0, 0.05) is 44.6 Å². The van der Waals surface area contributed by atoms with Crippen LogP contribution < -0.4 is 10.9 Å². The van der Waals surface area contributed by atoms with Crippen molar-refractivity contribution in [3.05, 3.63) is 66.0 Å². The number of allylic oxidation sites excluding steroid dienone is 5. The van der Waals surface area contributed by atoms with Crippen LogP contribution in [0.25, 0.3) is 0 Å². The number of halogens is 1. The number of ether oxygens (including phenoxy) is 1. The van der Waals surface area contributed by atoms with Gasteiger partial charge in [0.25, 0.3) is 0 Å². The van der Waals surface area contributed by atoms with E-state index < -0.39 is 0 Å². The van der Waals surface area contributed by atoms with Gasteiger partial charge in [-0.3, -0.25) is 14.3 Å². The summed E-state index contributed by atoms with van der Waals surface area (Å²) in [6.45, 7) is 5.79. The summed E-state index contributed by atoms with van der Waals surface area (Å²) in [5.41, 5.74) is 4.51. The van der Waals surface area contributed by atoms with Gasteiger partial charge in [-0.25, -0.2) is 4.79 Å². The third-order valence-electron chi connectivity index (χ3n) is 5.30. The van der Waals surface area contributed by atoms with Gasteiger partial charge in [0.15, 0.2) is 5.49 Å². The van der Waals surface area contributed by atoms with E-state index in [-0.39, 0.29) is 17.4 Å². The Hall–Kier alpha value is -2.84. The first-order valence-corrected chi connectivity index (χ1v) is 11.3. The van der Waals surface area contributed by atoms with Crippen LogP contribution in [-0.2, 0) is 14.3 Å². The number of rotatable bonds is 9. The summed E-state index contributed by atoms with van der Waals surface area (Å²) < 4.78 is 6.77. The molecule has 2 aliphatic rings. The normalized spacial score (nSPS) is 21.8. The van der Waals surface area contributed by atoms with Crippen LogP contribution in [0.3, 0.4) is 0 Å². The zero-order valence-corrected chi connectivity index (χ0v) is 19.0. The third kappa shape index (κ3) is 6.58. The summed E-state index contributed by atoms with van der Waals surface area (Å²) in [5.74, 6) is -0.217. The predicted octanol–water partition coefficient (Wildman–Crippen LogP) is 1.49. The molecule has 0 radical (unpaired) electrons. The van der Waals surface area contributed by atoms with Crippen molar-refractivity contribution < 1.29 is 14.3 Å². The molecule has 0 saturated carbocycles. The molecule has 2 unspecified atom stereocenters. The number of nitrogens with one attached hydrogen (secondary N) is 1. The third-order valence-corrected chi connectivity index (χ3v) is 5.57. The van der Waals surface area contributed by atoms with E-state index in [4.69, 9.17) is 16.3 Å². The van der Waals surface area contributed by atoms with Crippen molar-refractivity contribution in [2.24, 2.45) is 5.10 Å². The Balaban J connectivity index is 1.56. The highest BCUT2D eigenvalue weighted by atomic mass is 35.5. The number of hydrogen-bond acceptors (Lipinski definition) is 7. The molecule has 1 N–H and O–H groups in total. The first-order valence-electron chi connectivity index (χ1n) is 10.9. The Bertz CT molecular complexity index is 940. The van der Waals surface area contributed by atoms with Crippen molar-refractivity contribution in [1.29, 1.82) is 0 Å². The van der Waals surface area contributed by atoms with E-state index in [0.29, 0.717) is 31.7 Å². The molecule has 2 atom stereocenters. The summed E-state index contributed by atoms with van der Waals surface area (Å²) in [6.07, 6.45) is 12.9. The number of alkyl halides is 1. The summed E-state index contributed by atoms with van der Waals surface area (Å²) >= 11 is 6.32. The molecule has 0 bridgehead atoms. The molecular formula is C23H30ClN5O3. The molecule has 0 aromatic carbocycles. The molecule has 9 heteroatoms. The average molecular weight is 460 g/mol. The van der Waals surface area contributed by atoms with E-state index in [9.17, 15) is 9.59 Å². The van der Waals surface area contributed by atoms with Crippen molar-refractivity contribution in [3.8, 4) is 0 Å². The number of piperazine rings is 1.